The second-order valence-electron chi connectivity index (χ2n) is 5.63. The lowest BCUT2D eigenvalue weighted by Gasteiger charge is -2.39. The van der Waals surface area contributed by atoms with Crippen LogP contribution in [-0.2, 0) is 0 Å². The fraction of sp³-hybridized carbons (Fsp3) is 1.00. The van der Waals surface area contributed by atoms with Crippen molar-refractivity contribution in [2.24, 2.45) is 11.7 Å². The topological polar surface area (TPSA) is 29.3 Å². The third kappa shape index (κ3) is 3.58. The highest BCUT2D eigenvalue weighted by atomic mass is 15.2. The summed E-state index contributed by atoms with van der Waals surface area (Å²) in [6, 6.07) is 0.742. The van der Waals surface area contributed by atoms with E-state index < -0.39 is 0 Å². The molecule has 0 saturated carbocycles. The van der Waals surface area contributed by atoms with Crippen LogP contribution in [0.2, 0.25) is 0 Å². The van der Waals surface area contributed by atoms with Crippen LogP contribution in [0, 0.1) is 5.92 Å². The molecule has 0 amide bonds. The first-order valence-electron chi connectivity index (χ1n) is 5.93. The van der Waals surface area contributed by atoms with Gasteiger partial charge in [0.1, 0.15) is 0 Å². The van der Waals surface area contributed by atoms with Gasteiger partial charge in [-0.05, 0) is 52.5 Å². The first-order valence-corrected chi connectivity index (χ1v) is 5.93. The summed E-state index contributed by atoms with van der Waals surface area (Å²) in [4.78, 5) is 2.60. The molecule has 1 saturated heterocycles. The molecule has 2 nitrogen and oxygen atoms in total. The van der Waals surface area contributed by atoms with Gasteiger partial charge in [-0.15, -0.1) is 0 Å². The zero-order valence-corrected chi connectivity index (χ0v) is 10.2. The highest BCUT2D eigenvalue weighted by Gasteiger charge is 2.25. The lowest BCUT2D eigenvalue weighted by atomic mass is 9.91. The number of piperidine rings is 1. The Kier molecular flexibility index (Phi) is 3.96. The molecule has 1 aliphatic rings. The number of hydrogen-bond acceptors (Lipinski definition) is 2. The monoisotopic (exact) mass is 198 g/mol. The predicted molar refractivity (Wildman–Crippen MR) is 62.3 cm³/mol. The van der Waals surface area contributed by atoms with Gasteiger partial charge in [0.25, 0.3) is 0 Å². The third-order valence-electron chi connectivity index (χ3n) is 3.55. The molecule has 0 aliphatic carbocycles. The molecule has 1 aliphatic heterocycles. The van der Waals surface area contributed by atoms with Crippen LogP contribution >= 0.6 is 0 Å². The highest BCUT2D eigenvalue weighted by Crippen LogP contribution is 2.23. The fourth-order valence-corrected chi connectivity index (χ4v) is 2.17. The largest absolute Gasteiger partial charge is 0.326 e. The van der Waals surface area contributed by atoms with Crippen molar-refractivity contribution in [3.05, 3.63) is 0 Å². The standard InChI is InChI=1S/C12H26N2/c1-10-6-5-8-14(11(10)2)9-7-12(3,4)13/h10-11H,5-9,13H2,1-4H3. The Morgan fingerprint density at radius 2 is 2.00 bits per heavy atom. The molecule has 1 rings (SSSR count). The summed E-state index contributed by atoms with van der Waals surface area (Å²) in [6.07, 6.45) is 3.85. The van der Waals surface area contributed by atoms with E-state index in [0.717, 1.165) is 24.9 Å². The summed E-state index contributed by atoms with van der Waals surface area (Å²) in [7, 11) is 0. The van der Waals surface area contributed by atoms with Gasteiger partial charge in [-0.3, -0.25) is 0 Å². The number of hydrogen-bond donors (Lipinski definition) is 1. The minimum absolute atomic E-state index is 0.0135. The molecule has 2 atom stereocenters. The Balaban J connectivity index is 2.36. The van der Waals surface area contributed by atoms with Gasteiger partial charge < -0.3 is 10.6 Å². The average Bonchev–Trinajstić information content (AvgIpc) is 2.06. The van der Waals surface area contributed by atoms with E-state index in [1.807, 2.05) is 0 Å². The van der Waals surface area contributed by atoms with Crippen LogP contribution in [0.4, 0.5) is 0 Å². The minimum atomic E-state index is -0.0135. The predicted octanol–water partition coefficient (Wildman–Crippen LogP) is 2.23. The smallest absolute Gasteiger partial charge is 0.0109 e. The lowest BCUT2D eigenvalue weighted by Crippen LogP contribution is -2.45. The van der Waals surface area contributed by atoms with Gasteiger partial charge in [0.15, 0.2) is 0 Å². The van der Waals surface area contributed by atoms with Gasteiger partial charge in [0.05, 0.1) is 0 Å². The number of rotatable bonds is 3. The van der Waals surface area contributed by atoms with Crippen molar-refractivity contribution in [1.29, 1.82) is 0 Å². The molecule has 0 aromatic carbocycles. The summed E-state index contributed by atoms with van der Waals surface area (Å²) in [5.74, 6) is 0.852. The van der Waals surface area contributed by atoms with Crippen LogP contribution in [0.1, 0.15) is 47.0 Å². The molecule has 2 unspecified atom stereocenters. The summed E-state index contributed by atoms with van der Waals surface area (Å²) >= 11 is 0. The van der Waals surface area contributed by atoms with Crippen molar-refractivity contribution in [1.82, 2.24) is 4.90 Å². The van der Waals surface area contributed by atoms with E-state index >= 15 is 0 Å². The van der Waals surface area contributed by atoms with Gasteiger partial charge in [-0.25, -0.2) is 0 Å². The quantitative estimate of drug-likeness (QED) is 0.753. The van der Waals surface area contributed by atoms with Crippen molar-refractivity contribution in [3.63, 3.8) is 0 Å². The molecular formula is C12H26N2. The summed E-state index contributed by atoms with van der Waals surface area (Å²) in [6.45, 7) is 11.4. The molecular weight excluding hydrogens is 172 g/mol. The second kappa shape index (κ2) is 4.63. The number of nitrogens with zero attached hydrogens (tertiary/aromatic N) is 1. The normalized spacial score (nSPS) is 30.6. The number of likely N-dealkylation sites (tertiary alicyclic amines) is 1. The van der Waals surface area contributed by atoms with Gasteiger partial charge in [0.2, 0.25) is 0 Å². The maximum absolute atomic E-state index is 6.01. The van der Waals surface area contributed by atoms with Crippen LogP contribution in [0.3, 0.4) is 0 Å². The Labute approximate surface area is 88.8 Å². The molecule has 1 fully saturated rings. The Bertz CT molecular complexity index is 172. The maximum Gasteiger partial charge on any atom is 0.0109 e. The molecule has 0 aromatic rings. The molecule has 1 heterocycles. The van der Waals surface area contributed by atoms with E-state index in [2.05, 4.69) is 32.6 Å². The van der Waals surface area contributed by atoms with Crippen LogP contribution < -0.4 is 5.73 Å². The van der Waals surface area contributed by atoms with Gasteiger partial charge >= 0.3 is 0 Å². The van der Waals surface area contributed by atoms with Crippen molar-refractivity contribution in [3.8, 4) is 0 Å². The zero-order chi connectivity index (χ0) is 10.8. The Morgan fingerprint density at radius 1 is 1.36 bits per heavy atom. The first kappa shape index (κ1) is 12.0. The minimum Gasteiger partial charge on any atom is -0.326 e. The Hall–Kier alpha value is -0.0800. The van der Waals surface area contributed by atoms with E-state index in [9.17, 15) is 0 Å². The molecule has 2 N–H and O–H groups in total. The molecule has 0 radical (unpaired) electrons. The second-order valence-corrected chi connectivity index (χ2v) is 5.63. The van der Waals surface area contributed by atoms with Crippen LogP contribution in [-0.4, -0.2) is 29.6 Å². The summed E-state index contributed by atoms with van der Waals surface area (Å²) in [5, 5.41) is 0. The average molecular weight is 198 g/mol. The first-order chi connectivity index (χ1) is 6.40. The summed E-state index contributed by atoms with van der Waals surface area (Å²) in [5.41, 5.74) is 5.99. The molecule has 0 spiro atoms. The fourth-order valence-electron chi connectivity index (χ4n) is 2.17. The molecule has 2 heteroatoms. The number of nitrogens with two attached hydrogens (primary N) is 1. The van der Waals surface area contributed by atoms with Crippen molar-refractivity contribution in [2.75, 3.05) is 13.1 Å². The third-order valence-corrected chi connectivity index (χ3v) is 3.55. The van der Waals surface area contributed by atoms with Gasteiger partial charge in [-0.1, -0.05) is 6.92 Å². The van der Waals surface area contributed by atoms with E-state index in [0.29, 0.717) is 0 Å². The van der Waals surface area contributed by atoms with E-state index in [1.165, 1.54) is 19.4 Å². The SMILES string of the molecule is CC1CCCN(CCC(C)(C)N)C1C. The Morgan fingerprint density at radius 3 is 2.57 bits per heavy atom. The van der Waals surface area contributed by atoms with Crippen LogP contribution in [0.5, 0.6) is 0 Å². The highest BCUT2D eigenvalue weighted by molar-refractivity contribution is 4.81. The van der Waals surface area contributed by atoms with Crippen molar-refractivity contribution in [2.45, 2.75) is 58.5 Å². The van der Waals surface area contributed by atoms with E-state index in [1.54, 1.807) is 0 Å². The van der Waals surface area contributed by atoms with E-state index in [4.69, 9.17) is 5.73 Å². The molecule has 14 heavy (non-hydrogen) atoms. The van der Waals surface area contributed by atoms with Crippen LogP contribution in [0.25, 0.3) is 0 Å². The van der Waals surface area contributed by atoms with Crippen molar-refractivity contribution >= 4 is 0 Å². The van der Waals surface area contributed by atoms with E-state index in [-0.39, 0.29) is 5.54 Å². The van der Waals surface area contributed by atoms with Gasteiger partial charge in [0, 0.05) is 18.1 Å². The molecule has 0 aromatic heterocycles. The van der Waals surface area contributed by atoms with Crippen LogP contribution in [0.15, 0.2) is 0 Å². The summed E-state index contributed by atoms with van der Waals surface area (Å²) < 4.78 is 0. The molecule has 0 bridgehead atoms. The zero-order valence-electron chi connectivity index (χ0n) is 10.2. The lowest BCUT2D eigenvalue weighted by molar-refractivity contribution is 0.106. The van der Waals surface area contributed by atoms with Gasteiger partial charge in [-0.2, -0.15) is 0 Å². The van der Waals surface area contributed by atoms with Crippen molar-refractivity contribution < 1.29 is 0 Å². The maximum atomic E-state index is 6.01. The molecule has 84 valence electrons.